The van der Waals surface area contributed by atoms with Gasteiger partial charge in [0.2, 0.25) is 5.89 Å². The molecule has 0 aliphatic heterocycles. The van der Waals surface area contributed by atoms with Gasteiger partial charge in [0.05, 0.1) is 5.56 Å². The van der Waals surface area contributed by atoms with E-state index in [-0.39, 0.29) is 5.56 Å². The monoisotopic (exact) mass is 301 g/mol. The summed E-state index contributed by atoms with van der Waals surface area (Å²) in [5, 5.41) is 9.78. The van der Waals surface area contributed by atoms with Crippen LogP contribution in [-0.2, 0) is 0 Å². The molecule has 2 aromatic rings. The summed E-state index contributed by atoms with van der Waals surface area (Å²) in [4.78, 5) is 15.4. The zero-order valence-electron chi connectivity index (χ0n) is 11.0. The van der Waals surface area contributed by atoms with Crippen LogP contribution in [0, 0.1) is 0 Å². The van der Waals surface area contributed by atoms with Crippen LogP contribution in [-0.4, -0.2) is 16.1 Å². The van der Waals surface area contributed by atoms with Crippen LogP contribution in [0.3, 0.4) is 0 Å². The first-order chi connectivity index (χ1) is 10.1. The number of rotatable bonds is 3. The first-order valence-electron chi connectivity index (χ1n) is 6.50. The fourth-order valence-corrected chi connectivity index (χ4v) is 2.44. The van der Waals surface area contributed by atoms with Crippen LogP contribution in [0.1, 0.15) is 28.9 Å². The molecule has 3 rings (SSSR count). The van der Waals surface area contributed by atoms with Gasteiger partial charge in [-0.1, -0.05) is 29.8 Å². The van der Waals surface area contributed by atoms with Gasteiger partial charge in [-0.25, -0.2) is 9.78 Å². The number of nitrogens with zero attached hydrogens (tertiary/aromatic N) is 1. The predicted molar refractivity (Wildman–Crippen MR) is 80.0 cm³/mol. The van der Waals surface area contributed by atoms with Gasteiger partial charge >= 0.3 is 5.97 Å². The molecule has 1 aromatic carbocycles. The number of carbonyl (C=O) groups is 1. The molecule has 5 heteroatoms. The van der Waals surface area contributed by atoms with Crippen molar-refractivity contribution >= 4 is 23.1 Å². The Kier molecular flexibility index (Phi) is 3.62. The Balaban J connectivity index is 1.97. The highest BCUT2D eigenvalue weighted by molar-refractivity contribution is 6.33. The molecule has 1 aliphatic carbocycles. The van der Waals surface area contributed by atoms with E-state index in [1.54, 1.807) is 12.1 Å². The van der Waals surface area contributed by atoms with Gasteiger partial charge in [0.15, 0.2) is 0 Å². The van der Waals surface area contributed by atoms with Gasteiger partial charge < -0.3 is 9.52 Å². The lowest BCUT2D eigenvalue weighted by atomic mass is 10.0. The van der Waals surface area contributed by atoms with Crippen molar-refractivity contribution in [1.82, 2.24) is 4.98 Å². The van der Waals surface area contributed by atoms with Crippen LogP contribution in [0.4, 0.5) is 0 Å². The highest BCUT2D eigenvalue weighted by Gasteiger charge is 2.14. The molecule has 0 atom stereocenters. The Morgan fingerprint density at radius 3 is 3.00 bits per heavy atom. The number of benzene rings is 1. The molecule has 0 amide bonds. The Bertz CT molecular complexity index is 758. The predicted octanol–water partition coefficient (Wildman–Crippen LogP) is 4.34. The molecule has 0 fully saturated rings. The lowest BCUT2D eigenvalue weighted by molar-refractivity contribution is 0.0697. The van der Waals surface area contributed by atoms with E-state index in [9.17, 15) is 4.79 Å². The summed E-state index contributed by atoms with van der Waals surface area (Å²) in [6.07, 6.45) is 7.23. The summed E-state index contributed by atoms with van der Waals surface area (Å²) < 4.78 is 5.46. The maximum absolute atomic E-state index is 11.0. The van der Waals surface area contributed by atoms with Crippen LogP contribution in [0.5, 0.6) is 0 Å². The van der Waals surface area contributed by atoms with Crippen molar-refractivity contribution < 1.29 is 14.3 Å². The quantitative estimate of drug-likeness (QED) is 0.916. The topological polar surface area (TPSA) is 63.3 Å². The van der Waals surface area contributed by atoms with Crippen molar-refractivity contribution in [2.75, 3.05) is 0 Å². The SMILES string of the molecule is O=C(O)c1cccc(-c2nc(C3=C(Cl)CCC=C3)co2)c1. The van der Waals surface area contributed by atoms with E-state index in [4.69, 9.17) is 21.1 Å². The van der Waals surface area contributed by atoms with E-state index in [0.29, 0.717) is 17.1 Å². The van der Waals surface area contributed by atoms with E-state index in [1.807, 2.05) is 12.2 Å². The minimum atomic E-state index is -0.982. The molecule has 4 nitrogen and oxygen atoms in total. The number of halogens is 1. The molecule has 0 spiro atoms. The lowest BCUT2D eigenvalue weighted by Gasteiger charge is -2.07. The van der Waals surface area contributed by atoms with Crippen molar-refractivity contribution in [3.63, 3.8) is 0 Å². The lowest BCUT2D eigenvalue weighted by Crippen LogP contribution is -1.95. The summed E-state index contributed by atoms with van der Waals surface area (Å²) in [5.41, 5.74) is 2.33. The molecule has 0 unspecified atom stereocenters. The van der Waals surface area contributed by atoms with E-state index in [0.717, 1.165) is 23.4 Å². The number of oxazole rings is 1. The highest BCUT2D eigenvalue weighted by atomic mass is 35.5. The fourth-order valence-electron chi connectivity index (χ4n) is 2.18. The second-order valence-electron chi connectivity index (χ2n) is 4.68. The Morgan fingerprint density at radius 1 is 1.38 bits per heavy atom. The summed E-state index contributed by atoms with van der Waals surface area (Å²) in [5.74, 6) is -0.603. The van der Waals surface area contributed by atoms with Crippen LogP contribution in [0.15, 0.2) is 52.1 Å². The molecule has 1 aromatic heterocycles. The van der Waals surface area contributed by atoms with Crippen molar-refractivity contribution in [3.8, 4) is 11.5 Å². The third-order valence-corrected chi connectivity index (χ3v) is 3.64. The smallest absolute Gasteiger partial charge is 0.335 e. The molecular formula is C16H12ClNO3. The van der Waals surface area contributed by atoms with Gasteiger partial charge in [-0.15, -0.1) is 0 Å². The van der Waals surface area contributed by atoms with E-state index >= 15 is 0 Å². The molecule has 0 radical (unpaired) electrons. The zero-order chi connectivity index (χ0) is 14.8. The fraction of sp³-hybridized carbons (Fsp3) is 0.125. The van der Waals surface area contributed by atoms with Crippen LogP contribution in [0.2, 0.25) is 0 Å². The van der Waals surface area contributed by atoms with Crippen LogP contribution in [0.25, 0.3) is 17.0 Å². The van der Waals surface area contributed by atoms with Gasteiger partial charge in [-0.2, -0.15) is 0 Å². The maximum Gasteiger partial charge on any atom is 0.335 e. The standard InChI is InChI=1S/C16H12ClNO3/c17-13-7-2-1-6-12(13)14-9-21-15(18-14)10-4-3-5-11(8-10)16(19)20/h1,3-6,8-9H,2,7H2,(H,19,20). The summed E-state index contributed by atoms with van der Waals surface area (Å²) in [7, 11) is 0. The molecule has 1 heterocycles. The molecular weight excluding hydrogens is 290 g/mol. The number of carboxylic acid groups (broad SMARTS) is 1. The largest absolute Gasteiger partial charge is 0.478 e. The number of aromatic carboxylic acids is 1. The second kappa shape index (κ2) is 5.58. The first kappa shape index (κ1) is 13.6. The molecule has 1 aliphatic rings. The average Bonchev–Trinajstić information content (AvgIpc) is 2.97. The normalized spacial score (nSPS) is 14.5. The maximum atomic E-state index is 11.0. The van der Waals surface area contributed by atoms with Gasteiger partial charge in [0, 0.05) is 16.2 Å². The minimum Gasteiger partial charge on any atom is -0.478 e. The van der Waals surface area contributed by atoms with Gasteiger partial charge in [-0.3, -0.25) is 0 Å². The zero-order valence-corrected chi connectivity index (χ0v) is 11.8. The van der Waals surface area contributed by atoms with E-state index < -0.39 is 5.97 Å². The second-order valence-corrected chi connectivity index (χ2v) is 5.14. The summed E-state index contributed by atoms with van der Waals surface area (Å²) in [6.45, 7) is 0. The van der Waals surface area contributed by atoms with Crippen molar-refractivity contribution in [2.24, 2.45) is 0 Å². The molecule has 0 saturated carbocycles. The molecule has 0 bridgehead atoms. The third-order valence-electron chi connectivity index (χ3n) is 3.24. The van der Waals surface area contributed by atoms with E-state index in [2.05, 4.69) is 4.98 Å². The van der Waals surface area contributed by atoms with Gasteiger partial charge in [0.1, 0.15) is 12.0 Å². The van der Waals surface area contributed by atoms with Crippen molar-refractivity contribution in [1.29, 1.82) is 0 Å². The Morgan fingerprint density at radius 2 is 2.24 bits per heavy atom. The first-order valence-corrected chi connectivity index (χ1v) is 6.88. The molecule has 0 saturated heterocycles. The number of hydrogen-bond donors (Lipinski definition) is 1. The number of aromatic nitrogens is 1. The average molecular weight is 302 g/mol. The van der Waals surface area contributed by atoms with Gasteiger partial charge in [-0.05, 0) is 31.0 Å². The van der Waals surface area contributed by atoms with Crippen molar-refractivity contribution in [3.05, 3.63) is 59.0 Å². The number of hydrogen-bond acceptors (Lipinski definition) is 3. The number of carboxylic acids is 1. The summed E-state index contributed by atoms with van der Waals surface area (Å²) >= 11 is 6.21. The Labute approximate surface area is 126 Å². The Hall–Kier alpha value is -2.33. The van der Waals surface area contributed by atoms with Crippen molar-refractivity contribution in [2.45, 2.75) is 12.8 Å². The van der Waals surface area contributed by atoms with Gasteiger partial charge in [0.25, 0.3) is 0 Å². The van der Waals surface area contributed by atoms with E-state index in [1.165, 1.54) is 18.4 Å². The highest BCUT2D eigenvalue weighted by Crippen LogP contribution is 2.31. The summed E-state index contributed by atoms with van der Waals surface area (Å²) in [6, 6.07) is 6.48. The molecule has 106 valence electrons. The molecule has 1 N–H and O–H groups in total. The van der Waals surface area contributed by atoms with Crippen LogP contribution >= 0.6 is 11.6 Å². The molecule has 21 heavy (non-hydrogen) atoms. The minimum absolute atomic E-state index is 0.196. The van der Waals surface area contributed by atoms with Crippen LogP contribution < -0.4 is 0 Å². The number of allylic oxidation sites excluding steroid dienone is 4. The third kappa shape index (κ3) is 2.76.